The van der Waals surface area contributed by atoms with Crippen molar-refractivity contribution in [3.8, 4) is 5.75 Å². The van der Waals surface area contributed by atoms with E-state index in [1.54, 1.807) is 30.3 Å². The molecule has 23 heavy (non-hydrogen) atoms. The van der Waals surface area contributed by atoms with Gasteiger partial charge in [0.25, 0.3) is 11.5 Å². The molecule has 6 nitrogen and oxygen atoms in total. The summed E-state index contributed by atoms with van der Waals surface area (Å²) >= 11 is 3.33. The van der Waals surface area contributed by atoms with E-state index in [2.05, 4.69) is 26.5 Å². The molecule has 7 heteroatoms. The number of nitrogens with one attached hydrogen (secondary N) is 1. The molecule has 1 aromatic heterocycles. The first-order valence-electron chi connectivity index (χ1n) is 7.01. The third-order valence-electron chi connectivity index (χ3n) is 3.13. The summed E-state index contributed by atoms with van der Waals surface area (Å²) in [5.74, 6) is -0.332. The largest absolute Gasteiger partial charge is 0.507 e. The molecule has 0 spiro atoms. The van der Waals surface area contributed by atoms with Gasteiger partial charge in [0.15, 0.2) is 0 Å². The lowest BCUT2D eigenvalue weighted by atomic mass is 10.1. The fourth-order valence-corrected chi connectivity index (χ4v) is 2.34. The molecule has 0 aliphatic heterocycles. The van der Waals surface area contributed by atoms with Gasteiger partial charge in [-0.05, 0) is 30.7 Å². The Hall–Kier alpha value is -2.41. The first-order valence-corrected chi connectivity index (χ1v) is 7.80. The van der Waals surface area contributed by atoms with Crippen molar-refractivity contribution in [2.75, 3.05) is 0 Å². The molecule has 0 aliphatic carbocycles. The quantitative estimate of drug-likeness (QED) is 0.618. The first kappa shape index (κ1) is 17.0. The van der Waals surface area contributed by atoms with Crippen LogP contribution in [0.4, 0.5) is 0 Å². The third kappa shape index (κ3) is 4.53. The molecule has 0 unspecified atom stereocenters. The van der Waals surface area contributed by atoms with Gasteiger partial charge in [0.2, 0.25) is 0 Å². The van der Waals surface area contributed by atoms with E-state index in [1.165, 1.54) is 16.8 Å². The van der Waals surface area contributed by atoms with Gasteiger partial charge in [0.05, 0.1) is 5.71 Å². The Labute approximate surface area is 141 Å². The van der Waals surface area contributed by atoms with Crippen LogP contribution < -0.4 is 11.0 Å². The van der Waals surface area contributed by atoms with Crippen LogP contribution in [0.25, 0.3) is 0 Å². The molecule has 0 atom stereocenters. The lowest BCUT2D eigenvalue weighted by Gasteiger charge is -2.08. The van der Waals surface area contributed by atoms with Crippen LogP contribution in [0.3, 0.4) is 0 Å². The highest BCUT2D eigenvalue weighted by Crippen LogP contribution is 2.23. The summed E-state index contributed by atoms with van der Waals surface area (Å²) in [7, 11) is 0. The lowest BCUT2D eigenvalue weighted by molar-refractivity contribution is -0.121. The van der Waals surface area contributed by atoms with Gasteiger partial charge in [-0.15, -0.1) is 0 Å². The van der Waals surface area contributed by atoms with Crippen LogP contribution in [-0.2, 0) is 11.3 Å². The molecule has 0 saturated heterocycles. The predicted molar refractivity (Wildman–Crippen MR) is 91.5 cm³/mol. The second-order valence-corrected chi connectivity index (χ2v) is 5.69. The Kier molecular flexibility index (Phi) is 5.70. The number of rotatable bonds is 5. The number of pyridine rings is 1. The minimum Gasteiger partial charge on any atom is -0.507 e. The monoisotopic (exact) mass is 377 g/mol. The molecule has 120 valence electrons. The van der Waals surface area contributed by atoms with Crippen LogP contribution in [0.2, 0.25) is 0 Å². The maximum atomic E-state index is 11.9. The van der Waals surface area contributed by atoms with E-state index in [0.29, 0.717) is 17.7 Å². The van der Waals surface area contributed by atoms with E-state index in [-0.39, 0.29) is 17.9 Å². The number of amides is 1. The van der Waals surface area contributed by atoms with Gasteiger partial charge >= 0.3 is 0 Å². The van der Waals surface area contributed by atoms with Crippen LogP contribution in [-0.4, -0.2) is 21.3 Å². The Balaban J connectivity index is 2.13. The summed E-state index contributed by atoms with van der Waals surface area (Å²) in [6.07, 6.45) is 2.06. The number of carbonyl (C=O) groups excluding carboxylic acids is 1. The second kappa shape index (κ2) is 7.73. The topological polar surface area (TPSA) is 83.7 Å². The van der Waals surface area contributed by atoms with Crippen molar-refractivity contribution in [1.82, 2.24) is 9.99 Å². The van der Waals surface area contributed by atoms with Gasteiger partial charge in [0, 0.05) is 22.3 Å². The fourth-order valence-electron chi connectivity index (χ4n) is 1.98. The summed E-state index contributed by atoms with van der Waals surface area (Å²) < 4.78 is 2.08. The molecule has 2 aromatic rings. The highest BCUT2D eigenvalue weighted by atomic mass is 79.9. The molecule has 1 aromatic carbocycles. The van der Waals surface area contributed by atoms with Gasteiger partial charge in [-0.25, -0.2) is 5.43 Å². The molecular weight excluding hydrogens is 362 g/mol. The number of benzene rings is 1. The van der Waals surface area contributed by atoms with E-state index >= 15 is 0 Å². The number of carbonyl (C=O) groups is 1. The summed E-state index contributed by atoms with van der Waals surface area (Å²) in [5, 5.41) is 14.0. The van der Waals surface area contributed by atoms with Crippen molar-refractivity contribution >= 4 is 27.5 Å². The van der Waals surface area contributed by atoms with Gasteiger partial charge in [-0.2, -0.15) is 5.10 Å². The first-order chi connectivity index (χ1) is 11.0. The Morgan fingerprint density at radius 2 is 2.13 bits per heavy atom. The van der Waals surface area contributed by atoms with E-state index in [4.69, 9.17) is 0 Å². The smallest absolute Gasteiger partial charge is 0.260 e. The molecule has 0 bridgehead atoms. The fraction of sp³-hybridized carbons (Fsp3) is 0.188. The Morgan fingerprint density at radius 3 is 2.83 bits per heavy atom. The maximum absolute atomic E-state index is 11.9. The van der Waals surface area contributed by atoms with Crippen LogP contribution in [0, 0.1) is 0 Å². The van der Waals surface area contributed by atoms with Crippen molar-refractivity contribution in [3.05, 3.63) is 63.0 Å². The number of halogens is 1. The van der Waals surface area contributed by atoms with Crippen molar-refractivity contribution in [1.29, 1.82) is 0 Å². The number of aromatic nitrogens is 1. The van der Waals surface area contributed by atoms with Crippen molar-refractivity contribution in [2.24, 2.45) is 5.10 Å². The van der Waals surface area contributed by atoms with Crippen LogP contribution >= 0.6 is 15.9 Å². The minimum absolute atomic E-state index is 0.0855. The zero-order valence-electron chi connectivity index (χ0n) is 12.5. The number of hydrazone groups is 1. The standard InChI is InChI=1S/C16H16BrN3O3/c1-2-13(12-9-11(17)6-7-14(12)21)18-19-15(22)10-20-8-4-3-5-16(20)23/h3-9,21H,2,10H2,1H3,(H,19,22)/b18-13+. The molecule has 1 heterocycles. The molecule has 2 rings (SSSR count). The average Bonchev–Trinajstić information content (AvgIpc) is 2.53. The Bertz CT molecular complexity index is 799. The molecule has 0 radical (unpaired) electrons. The van der Waals surface area contributed by atoms with Crippen LogP contribution in [0.1, 0.15) is 18.9 Å². The van der Waals surface area contributed by atoms with Crippen LogP contribution in [0.5, 0.6) is 5.75 Å². The van der Waals surface area contributed by atoms with E-state index in [9.17, 15) is 14.7 Å². The highest BCUT2D eigenvalue weighted by Gasteiger charge is 2.09. The number of phenolic OH excluding ortho intramolecular Hbond substituents is 1. The van der Waals surface area contributed by atoms with Crippen molar-refractivity contribution in [2.45, 2.75) is 19.9 Å². The number of phenols is 1. The molecule has 0 saturated carbocycles. The summed E-state index contributed by atoms with van der Waals surface area (Å²) in [5.41, 5.74) is 3.24. The van der Waals surface area contributed by atoms with Crippen LogP contribution in [0.15, 0.2) is 57.0 Å². The third-order valence-corrected chi connectivity index (χ3v) is 3.63. The summed E-state index contributed by atoms with van der Waals surface area (Å²) in [6.45, 7) is 1.75. The summed E-state index contributed by atoms with van der Waals surface area (Å²) in [6, 6.07) is 9.66. The number of hydrogen-bond donors (Lipinski definition) is 2. The normalized spacial score (nSPS) is 11.3. The molecule has 0 fully saturated rings. The Morgan fingerprint density at radius 1 is 1.35 bits per heavy atom. The molecule has 0 aliphatic rings. The van der Waals surface area contributed by atoms with Gasteiger partial charge in [0.1, 0.15) is 12.3 Å². The molecule has 1 amide bonds. The minimum atomic E-state index is -0.418. The highest BCUT2D eigenvalue weighted by molar-refractivity contribution is 9.10. The SMILES string of the molecule is CC/C(=N\NC(=O)Cn1ccccc1=O)c1cc(Br)ccc1O. The van der Waals surface area contributed by atoms with Crippen molar-refractivity contribution in [3.63, 3.8) is 0 Å². The number of hydrogen-bond acceptors (Lipinski definition) is 4. The van der Waals surface area contributed by atoms with Gasteiger partial charge in [-0.3, -0.25) is 9.59 Å². The molecule has 2 N–H and O–H groups in total. The zero-order valence-corrected chi connectivity index (χ0v) is 14.1. The zero-order chi connectivity index (χ0) is 16.8. The van der Waals surface area contributed by atoms with E-state index in [0.717, 1.165) is 4.47 Å². The maximum Gasteiger partial charge on any atom is 0.260 e. The lowest BCUT2D eigenvalue weighted by Crippen LogP contribution is -2.29. The predicted octanol–water partition coefficient (Wildman–Crippen LogP) is 2.25. The van der Waals surface area contributed by atoms with Gasteiger partial charge < -0.3 is 9.67 Å². The second-order valence-electron chi connectivity index (χ2n) is 4.78. The van der Waals surface area contributed by atoms with Gasteiger partial charge in [-0.1, -0.05) is 28.9 Å². The van der Waals surface area contributed by atoms with E-state index in [1.807, 2.05) is 6.92 Å². The van der Waals surface area contributed by atoms with E-state index < -0.39 is 5.91 Å². The van der Waals surface area contributed by atoms with Crippen molar-refractivity contribution < 1.29 is 9.90 Å². The number of aromatic hydroxyl groups is 1. The summed E-state index contributed by atoms with van der Waals surface area (Å²) in [4.78, 5) is 23.5. The number of nitrogens with zero attached hydrogens (tertiary/aromatic N) is 2. The molecular formula is C16H16BrN3O3. The average molecular weight is 378 g/mol.